The highest BCUT2D eigenvalue weighted by Crippen LogP contribution is 2.21. The van der Waals surface area contributed by atoms with Crippen LogP contribution < -0.4 is 5.73 Å². The Morgan fingerprint density at radius 3 is 2.83 bits per heavy atom. The fraction of sp³-hybridized carbons (Fsp3) is 0.929. The maximum atomic E-state index is 11.7. The van der Waals surface area contributed by atoms with Crippen LogP contribution in [-0.2, 0) is 9.53 Å². The number of carbonyl (C=O) groups is 1. The molecule has 4 heteroatoms. The standard InChI is InChI=1S/C14H28N2O2/c1-4-12-8-6-10-16(12)11-7-9-14(3,15)13(17)18-5-2/h12H,4-11,15H2,1-3H3. The van der Waals surface area contributed by atoms with Gasteiger partial charge in [-0.1, -0.05) is 6.92 Å². The number of likely N-dealkylation sites (tertiary alicyclic amines) is 1. The van der Waals surface area contributed by atoms with Gasteiger partial charge in [-0.2, -0.15) is 0 Å². The molecule has 1 rings (SSSR count). The second-order valence-corrected chi connectivity index (χ2v) is 5.48. The molecule has 1 aliphatic heterocycles. The molecule has 2 unspecified atom stereocenters. The van der Waals surface area contributed by atoms with Crippen LogP contribution in [-0.4, -0.2) is 42.1 Å². The number of carbonyl (C=O) groups excluding carboxylic acids is 1. The molecule has 0 spiro atoms. The lowest BCUT2D eigenvalue weighted by molar-refractivity contribution is -0.149. The van der Waals surface area contributed by atoms with Crippen LogP contribution in [0.25, 0.3) is 0 Å². The van der Waals surface area contributed by atoms with Crippen molar-refractivity contribution in [1.82, 2.24) is 4.90 Å². The van der Waals surface area contributed by atoms with E-state index in [1.165, 1.54) is 25.8 Å². The molecule has 1 aliphatic rings. The number of esters is 1. The van der Waals surface area contributed by atoms with Gasteiger partial charge < -0.3 is 15.4 Å². The number of hydrogen-bond acceptors (Lipinski definition) is 4. The van der Waals surface area contributed by atoms with E-state index < -0.39 is 5.54 Å². The van der Waals surface area contributed by atoms with Crippen molar-refractivity contribution in [3.8, 4) is 0 Å². The highest BCUT2D eigenvalue weighted by molar-refractivity contribution is 5.79. The van der Waals surface area contributed by atoms with Crippen molar-refractivity contribution in [2.75, 3.05) is 19.7 Å². The minimum absolute atomic E-state index is 0.279. The zero-order valence-electron chi connectivity index (χ0n) is 12.1. The van der Waals surface area contributed by atoms with Crippen LogP contribution in [0, 0.1) is 0 Å². The summed E-state index contributed by atoms with van der Waals surface area (Å²) in [5.74, 6) is -0.279. The first kappa shape index (κ1) is 15.4. The van der Waals surface area contributed by atoms with Gasteiger partial charge in [-0.25, -0.2) is 0 Å². The predicted octanol–water partition coefficient (Wildman–Crippen LogP) is 1.92. The average Bonchev–Trinajstić information content (AvgIpc) is 2.76. The second kappa shape index (κ2) is 7.10. The summed E-state index contributed by atoms with van der Waals surface area (Å²) in [6.07, 6.45) is 5.49. The van der Waals surface area contributed by atoms with Crippen molar-refractivity contribution in [2.24, 2.45) is 5.73 Å². The van der Waals surface area contributed by atoms with Crippen molar-refractivity contribution < 1.29 is 9.53 Å². The molecule has 0 amide bonds. The Bertz CT molecular complexity index is 267. The molecule has 0 aromatic heterocycles. The first-order valence-corrected chi connectivity index (χ1v) is 7.21. The third-order valence-corrected chi connectivity index (χ3v) is 3.85. The second-order valence-electron chi connectivity index (χ2n) is 5.48. The van der Waals surface area contributed by atoms with Crippen LogP contribution in [0.1, 0.15) is 52.9 Å². The van der Waals surface area contributed by atoms with E-state index in [-0.39, 0.29) is 5.97 Å². The first-order valence-electron chi connectivity index (χ1n) is 7.21. The van der Waals surface area contributed by atoms with E-state index in [1.807, 2.05) is 6.92 Å². The number of hydrogen-bond donors (Lipinski definition) is 1. The SMILES string of the molecule is CCOC(=O)C(C)(N)CCCN1CCCC1CC. The summed E-state index contributed by atoms with van der Waals surface area (Å²) in [7, 11) is 0. The molecule has 0 aromatic rings. The van der Waals surface area contributed by atoms with E-state index in [0.717, 1.165) is 19.0 Å². The van der Waals surface area contributed by atoms with Crippen LogP contribution in [0.4, 0.5) is 0 Å². The minimum Gasteiger partial charge on any atom is -0.465 e. The lowest BCUT2D eigenvalue weighted by Crippen LogP contribution is -2.46. The molecule has 0 radical (unpaired) electrons. The van der Waals surface area contributed by atoms with E-state index in [0.29, 0.717) is 13.0 Å². The molecule has 2 atom stereocenters. The van der Waals surface area contributed by atoms with Crippen molar-refractivity contribution in [3.05, 3.63) is 0 Å². The zero-order valence-corrected chi connectivity index (χ0v) is 12.1. The topological polar surface area (TPSA) is 55.6 Å². The highest BCUT2D eigenvalue weighted by Gasteiger charge is 2.30. The summed E-state index contributed by atoms with van der Waals surface area (Å²) in [5.41, 5.74) is 5.17. The van der Waals surface area contributed by atoms with Crippen LogP contribution in [0.2, 0.25) is 0 Å². The summed E-state index contributed by atoms with van der Waals surface area (Å²) in [5, 5.41) is 0. The fourth-order valence-electron chi connectivity index (χ4n) is 2.70. The highest BCUT2D eigenvalue weighted by atomic mass is 16.5. The molecule has 18 heavy (non-hydrogen) atoms. The molecule has 1 saturated heterocycles. The molecule has 0 saturated carbocycles. The van der Waals surface area contributed by atoms with Gasteiger partial charge in [0.25, 0.3) is 0 Å². The van der Waals surface area contributed by atoms with Crippen molar-refractivity contribution in [3.63, 3.8) is 0 Å². The summed E-state index contributed by atoms with van der Waals surface area (Å²) in [6.45, 7) is 8.46. The molecule has 2 N–H and O–H groups in total. The Hall–Kier alpha value is -0.610. The Morgan fingerprint density at radius 1 is 1.50 bits per heavy atom. The number of nitrogens with two attached hydrogens (primary N) is 1. The van der Waals surface area contributed by atoms with Crippen molar-refractivity contribution in [2.45, 2.75) is 64.5 Å². The molecule has 0 bridgehead atoms. The van der Waals surface area contributed by atoms with Gasteiger partial charge in [0.05, 0.1) is 6.61 Å². The Balaban J connectivity index is 2.30. The maximum Gasteiger partial charge on any atom is 0.325 e. The van der Waals surface area contributed by atoms with Crippen molar-refractivity contribution in [1.29, 1.82) is 0 Å². The lowest BCUT2D eigenvalue weighted by Gasteiger charge is -2.26. The summed E-state index contributed by atoms with van der Waals surface area (Å²) < 4.78 is 4.99. The number of ether oxygens (including phenoxy) is 1. The molecule has 4 nitrogen and oxygen atoms in total. The summed E-state index contributed by atoms with van der Waals surface area (Å²) in [6, 6.07) is 0.733. The normalized spacial score (nSPS) is 23.9. The quantitative estimate of drug-likeness (QED) is 0.707. The van der Waals surface area contributed by atoms with E-state index in [9.17, 15) is 4.79 Å². The molecule has 1 heterocycles. The molecule has 0 aliphatic carbocycles. The van der Waals surface area contributed by atoms with E-state index in [1.54, 1.807) is 6.92 Å². The fourth-order valence-corrected chi connectivity index (χ4v) is 2.70. The van der Waals surface area contributed by atoms with E-state index in [2.05, 4.69) is 11.8 Å². The molecular weight excluding hydrogens is 228 g/mol. The van der Waals surface area contributed by atoms with Gasteiger partial charge in [0.15, 0.2) is 0 Å². The summed E-state index contributed by atoms with van der Waals surface area (Å²) in [4.78, 5) is 14.2. The number of nitrogens with zero attached hydrogens (tertiary/aromatic N) is 1. The van der Waals surface area contributed by atoms with Crippen LogP contribution in [0.5, 0.6) is 0 Å². The van der Waals surface area contributed by atoms with Gasteiger partial charge in [0.2, 0.25) is 0 Å². The van der Waals surface area contributed by atoms with Gasteiger partial charge in [-0.05, 0) is 59.0 Å². The Morgan fingerprint density at radius 2 is 2.22 bits per heavy atom. The summed E-state index contributed by atoms with van der Waals surface area (Å²) >= 11 is 0. The van der Waals surface area contributed by atoms with Crippen molar-refractivity contribution >= 4 is 5.97 Å². The van der Waals surface area contributed by atoms with Gasteiger partial charge in [-0.3, -0.25) is 4.79 Å². The minimum atomic E-state index is -0.836. The molecule has 106 valence electrons. The first-order chi connectivity index (χ1) is 8.51. The lowest BCUT2D eigenvalue weighted by atomic mass is 9.97. The van der Waals surface area contributed by atoms with Crippen LogP contribution in [0.15, 0.2) is 0 Å². The largest absolute Gasteiger partial charge is 0.465 e. The van der Waals surface area contributed by atoms with Crippen LogP contribution in [0.3, 0.4) is 0 Å². The van der Waals surface area contributed by atoms with Gasteiger partial charge >= 0.3 is 5.97 Å². The number of rotatable bonds is 7. The van der Waals surface area contributed by atoms with Crippen LogP contribution >= 0.6 is 0 Å². The predicted molar refractivity (Wildman–Crippen MR) is 73.3 cm³/mol. The monoisotopic (exact) mass is 256 g/mol. The maximum absolute atomic E-state index is 11.7. The Kier molecular flexibility index (Phi) is 6.09. The smallest absolute Gasteiger partial charge is 0.325 e. The zero-order chi connectivity index (χ0) is 13.6. The molecule has 1 fully saturated rings. The van der Waals surface area contributed by atoms with E-state index in [4.69, 9.17) is 10.5 Å². The van der Waals surface area contributed by atoms with Gasteiger partial charge in [0, 0.05) is 6.04 Å². The van der Waals surface area contributed by atoms with E-state index >= 15 is 0 Å². The Labute approximate surface area is 111 Å². The van der Waals surface area contributed by atoms with Gasteiger partial charge in [-0.15, -0.1) is 0 Å². The molecular formula is C14H28N2O2. The molecule has 0 aromatic carbocycles. The van der Waals surface area contributed by atoms with Gasteiger partial charge in [0.1, 0.15) is 5.54 Å². The third-order valence-electron chi connectivity index (χ3n) is 3.85. The third kappa shape index (κ3) is 4.25. The average molecular weight is 256 g/mol.